The lowest BCUT2D eigenvalue weighted by Gasteiger charge is -2.12. The monoisotopic (exact) mass is 362 g/mol. The Bertz CT molecular complexity index is 731. The van der Waals surface area contributed by atoms with Crippen molar-refractivity contribution in [2.24, 2.45) is 4.99 Å². The number of nitro groups is 1. The van der Waals surface area contributed by atoms with Gasteiger partial charge in [-0.2, -0.15) is 0 Å². The normalized spacial score (nSPS) is 11.2. The number of guanidine groups is 1. The molecule has 0 unspecified atom stereocenters. The highest BCUT2D eigenvalue weighted by atomic mass is 32.1. The summed E-state index contributed by atoms with van der Waals surface area (Å²) in [5.41, 5.74) is 0.580. The second kappa shape index (κ2) is 9.58. The number of para-hydroxylation sites is 2. The number of hydrogen-bond acceptors (Lipinski definition) is 6. The summed E-state index contributed by atoms with van der Waals surface area (Å²) in [6, 6.07) is 6.60. The first-order chi connectivity index (χ1) is 12.1. The summed E-state index contributed by atoms with van der Waals surface area (Å²) < 4.78 is 0. The summed E-state index contributed by atoms with van der Waals surface area (Å²) in [6.07, 6.45) is 1.84. The van der Waals surface area contributed by atoms with Crippen molar-refractivity contribution in [3.05, 3.63) is 50.5 Å². The molecule has 1 heterocycles. The first-order valence-corrected chi connectivity index (χ1v) is 8.82. The molecule has 1 aromatic carbocycles. The third-order valence-corrected chi connectivity index (χ3v) is 4.12. The molecule has 0 fully saturated rings. The molecule has 134 valence electrons. The van der Waals surface area contributed by atoms with Crippen molar-refractivity contribution in [3.63, 3.8) is 0 Å². The van der Waals surface area contributed by atoms with E-state index in [0.29, 0.717) is 31.3 Å². The number of nitrogens with zero attached hydrogens (tertiary/aromatic N) is 3. The molecule has 9 heteroatoms. The van der Waals surface area contributed by atoms with Gasteiger partial charge in [0.25, 0.3) is 5.69 Å². The van der Waals surface area contributed by atoms with Crippen LogP contribution in [0.25, 0.3) is 0 Å². The van der Waals surface area contributed by atoms with Crippen LogP contribution in [0.15, 0.2) is 35.5 Å². The van der Waals surface area contributed by atoms with Gasteiger partial charge in [-0.25, -0.2) is 9.98 Å². The van der Waals surface area contributed by atoms with Gasteiger partial charge in [0.05, 0.1) is 11.5 Å². The minimum absolute atomic E-state index is 0.0715. The zero-order valence-electron chi connectivity index (χ0n) is 14.3. The van der Waals surface area contributed by atoms with Crippen LogP contribution >= 0.6 is 11.3 Å². The third kappa shape index (κ3) is 6.03. The van der Waals surface area contributed by atoms with Crippen molar-refractivity contribution in [2.45, 2.75) is 20.4 Å². The molecule has 0 aliphatic heterocycles. The number of hydrogen-bond donors (Lipinski definition) is 3. The third-order valence-electron chi connectivity index (χ3n) is 3.22. The number of aryl methyl sites for hydroxylation is 1. The summed E-state index contributed by atoms with van der Waals surface area (Å²) >= 11 is 1.63. The Morgan fingerprint density at radius 1 is 1.32 bits per heavy atom. The van der Waals surface area contributed by atoms with Crippen LogP contribution in [0.2, 0.25) is 0 Å². The minimum atomic E-state index is -0.392. The van der Waals surface area contributed by atoms with Crippen LogP contribution in [-0.4, -0.2) is 35.5 Å². The van der Waals surface area contributed by atoms with Crippen molar-refractivity contribution in [1.29, 1.82) is 0 Å². The second-order valence-electron chi connectivity index (χ2n) is 5.19. The molecule has 3 N–H and O–H groups in total. The molecule has 0 aliphatic carbocycles. The SMILES string of the molecule is CCNC(=NCc1ncc(C)s1)NCCNc1ccccc1[N+](=O)[O-]. The Morgan fingerprint density at radius 2 is 2.12 bits per heavy atom. The van der Waals surface area contributed by atoms with Crippen LogP contribution in [0.4, 0.5) is 11.4 Å². The average Bonchev–Trinajstić information content (AvgIpc) is 3.02. The fourth-order valence-electron chi connectivity index (χ4n) is 2.12. The van der Waals surface area contributed by atoms with Gasteiger partial charge >= 0.3 is 0 Å². The van der Waals surface area contributed by atoms with Crippen molar-refractivity contribution in [1.82, 2.24) is 15.6 Å². The predicted molar refractivity (Wildman–Crippen MR) is 101 cm³/mol. The molecular formula is C16H22N6O2S. The average molecular weight is 362 g/mol. The van der Waals surface area contributed by atoms with Crippen LogP contribution in [0.3, 0.4) is 0 Å². The largest absolute Gasteiger partial charge is 0.378 e. The van der Waals surface area contributed by atoms with Crippen LogP contribution in [0, 0.1) is 17.0 Å². The molecule has 2 aromatic rings. The highest BCUT2D eigenvalue weighted by Crippen LogP contribution is 2.22. The minimum Gasteiger partial charge on any atom is -0.378 e. The number of anilines is 1. The van der Waals surface area contributed by atoms with E-state index < -0.39 is 4.92 Å². The fraction of sp³-hybridized carbons (Fsp3) is 0.375. The topological polar surface area (TPSA) is 104 Å². The van der Waals surface area contributed by atoms with E-state index in [1.165, 1.54) is 6.07 Å². The highest BCUT2D eigenvalue weighted by molar-refractivity contribution is 7.11. The van der Waals surface area contributed by atoms with Gasteiger partial charge in [0.1, 0.15) is 10.7 Å². The van der Waals surface area contributed by atoms with E-state index in [0.717, 1.165) is 16.4 Å². The zero-order valence-corrected chi connectivity index (χ0v) is 15.1. The summed E-state index contributed by atoms with van der Waals surface area (Å²) in [5.74, 6) is 0.694. The Balaban J connectivity index is 1.84. The van der Waals surface area contributed by atoms with Crippen molar-refractivity contribution in [2.75, 3.05) is 25.0 Å². The number of aliphatic imine (C=N–C) groups is 1. The van der Waals surface area contributed by atoms with E-state index in [1.54, 1.807) is 29.5 Å². The van der Waals surface area contributed by atoms with Crippen LogP contribution < -0.4 is 16.0 Å². The summed E-state index contributed by atoms with van der Waals surface area (Å²) in [5, 5.41) is 21.4. The number of benzene rings is 1. The van der Waals surface area contributed by atoms with Gasteiger partial charge < -0.3 is 16.0 Å². The summed E-state index contributed by atoms with van der Waals surface area (Å²) in [6.45, 7) is 6.39. The van der Waals surface area contributed by atoms with Crippen molar-refractivity contribution in [3.8, 4) is 0 Å². The molecule has 25 heavy (non-hydrogen) atoms. The smallest absolute Gasteiger partial charge is 0.292 e. The lowest BCUT2D eigenvalue weighted by atomic mass is 10.2. The Morgan fingerprint density at radius 3 is 2.80 bits per heavy atom. The van der Waals surface area contributed by atoms with E-state index in [4.69, 9.17) is 0 Å². The number of nitrogens with one attached hydrogen (secondary N) is 3. The fourth-order valence-corrected chi connectivity index (χ4v) is 2.83. The standard InChI is InChI=1S/C16H22N6O2S/c1-3-17-16(21-11-15-20-10-12(2)25-15)19-9-8-18-13-6-4-5-7-14(13)22(23)24/h4-7,10,18H,3,8-9,11H2,1-2H3,(H2,17,19,21). The van der Waals surface area contributed by atoms with E-state index in [2.05, 4.69) is 25.9 Å². The molecule has 0 amide bonds. The Hall–Kier alpha value is -2.68. The molecule has 0 radical (unpaired) electrons. The molecule has 0 atom stereocenters. The number of rotatable bonds is 8. The number of nitro benzene ring substituents is 1. The van der Waals surface area contributed by atoms with Crippen molar-refractivity contribution >= 4 is 28.7 Å². The van der Waals surface area contributed by atoms with Gasteiger partial charge in [-0.3, -0.25) is 10.1 Å². The van der Waals surface area contributed by atoms with Gasteiger partial charge in [0, 0.05) is 36.8 Å². The Labute approximate surface area is 150 Å². The van der Waals surface area contributed by atoms with Gasteiger partial charge in [-0.1, -0.05) is 12.1 Å². The first-order valence-electron chi connectivity index (χ1n) is 8.01. The summed E-state index contributed by atoms with van der Waals surface area (Å²) in [7, 11) is 0. The van der Waals surface area contributed by atoms with Gasteiger partial charge in [0.2, 0.25) is 0 Å². The maximum absolute atomic E-state index is 11.0. The molecule has 0 saturated heterocycles. The van der Waals surface area contributed by atoms with E-state index in [9.17, 15) is 10.1 Å². The molecule has 0 spiro atoms. The zero-order chi connectivity index (χ0) is 18.1. The first kappa shape index (κ1) is 18.7. The molecule has 0 aliphatic rings. The number of thiazole rings is 1. The molecular weight excluding hydrogens is 340 g/mol. The second-order valence-corrected chi connectivity index (χ2v) is 6.51. The van der Waals surface area contributed by atoms with E-state index in [-0.39, 0.29) is 5.69 Å². The van der Waals surface area contributed by atoms with E-state index in [1.807, 2.05) is 20.0 Å². The van der Waals surface area contributed by atoms with E-state index >= 15 is 0 Å². The maximum Gasteiger partial charge on any atom is 0.292 e. The number of aromatic nitrogens is 1. The lowest BCUT2D eigenvalue weighted by Crippen LogP contribution is -2.39. The van der Waals surface area contributed by atoms with Gasteiger partial charge in [-0.05, 0) is 19.9 Å². The molecule has 0 saturated carbocycles. The van der Waals surface area contributed by atoms with Crippen LogP contribution in [0.5, 0.6) is 0 Å². The summed E-state index contributed by atoms with van der Waals surface area (Å²) in [4.78, 5) is 20.5. The maximum atomic E-state index is 11.0. The van der Waals surface area contributed by atoms with Crippen LogP contribution in [-0.2, 0) is 6.54 Å². The molecule has 1 aromatic heterocycles. The van der Waals surface area contributed by atoms with Gasteiger partial charge in [-0.15, -0.1) is 11.3 Å². The van der Waals surface area contributed by atoms with Gasteiger partial charge in [0.15, 0.2) is 5.96 Å². The highest BCUT2D eigenvalue weighted by Gasteiger charge is 2.11. The molecule has 2 rings (SSSR count). The predicted octanol–water partition coefficient (Wildman–Crippen LogP) is 2.53. The molecule has 8 nitrogen and oxygen atoms in total. The molecule has 0 bridgehead atoms. The van der Waals surface area contributed by atoms with Crippen LogP contribution in [0.1, 0.15) is 16.8 Å². The lowest BCUT2D eigenvalue weighted by molar-refractivity contribution is -0.384. The quantitative estimate of drug-likeness (QED) is 0.219. The van der Waals surface area contributed by atoms with Crippen molar-refractivity contribution < 1.29 is 4.92 Å². The Kier molecular flexibility index (Phi) is 7.15.